The van der Waals surface area contributed by atoms with Gasteiger partial charge in [0.1, 0.15) is 23.4 Å². The van der Waals surface area contributed by atoms with E-state index in [1.54, 1.807) is 0 Å². The van der Waals surface area contributed by atoms with Gasteiger partial charge in [-0.15, -0.1) is 0 Å². The van der Waals surface area contributed by atoms with Crippen LogP contribution < -0.4 is 10.7 Å². The van der Waals surface area contributed by atoms with Gasteiger partial charge in [-0.25, -0.2) is 4.39 Å². The first kappa shape index (κ1) is 12.8. The molecule has 1 aromatic heterocycles. The lowest BCUT2D eigenvalue weighted by Gasteiger charge is -2.06. The standard InChI is InChI=1S/C13H10FNO4/c1-7-11(12(17)10(16)6-19-7)13(18)15-9-4-2-8(14)3-5-9/h2-6,16H,1H3,(H,15,18). The number of nitrogens with one attached hydrogen (secondary N) is 1. The summed E-state index contributed by atoms with van der Waals surface area (Å²) in [5, 5.41) is 11.7. The molecule has 2 N–H and O–H groups in total. The Labute approximate surface area is 107 Å². The Kier molecular flexibility index (Phi) is 3.33. The van der Waals surface area contributed by atoms with Crippen molar-refractivity contribution in [3.8, 4) is 5.75 Å². The topological polar surface area (TPSA) is 79.5 Å². The first-order valence-corrected chi connectivity index (χ1v) is 5.37. The quantitative estimate of drug-likeness (QED) is 0.869. The van der Waals surface area contributed by atoms with Crippen molar-refractivity contribution in [1.82, 2.24) is 0 Å². The maximum absolute atomic E-state index is 12.7. The van der Waals surface area contributed by atoms with Gasteiger partial charge in [0, 0.05) is 5.69 Å². The third-order valence-corrected chi connectivity index (χ3v) is 2.49. The molecule has 0 aliphatic rings. The van der Waals surface area contributed by atoms with E-state index in [-0.39, 0.29) is 11.3 Å². The third-order valence-electron chi connectivity index (χ3n) is 2.49. The molecule has 0 saturated heterocycles. The van der Waals surface area contributed by atoms with Crippen LogP contribution in [0, 0.1) is 12.7 Å². The number of amides is 1. The van der Waals surface area contributed by atoms with Crippen molar-refractivity contribution in [2.75, 3.05) is 5.32 Å². The van der Waals surface area contributed by atoms with Crippen LogP contribution in [-0.2, 0) is 0 Å². The number of benzene rings is 1. The smallest absolute Gasteiger partial charge is 0.263 e. The molecule has 0 saturated carbocycles. The average Bonchev–Trinajstić information content (AvgIpc) is 2.37. The molecule has 1 amide bonds. The van der Waals surface area contributed by atoms with Crippen LogP contribution in [0.2, 0.25) is 0 Å². The molecule has 1 heterocycles. The van der Waals surface area contributed by atoms with E-state index in [2.05, 4.69) is 5.32 Å². The van der Waals surface area contributed by atoms with Gasteiger partial charge in [0.05, 0.1) is 0 Å². The lowest BCUT2D eigenvalue weighted by molar-refractivity contribution is 0.102. The minimum Gasteiger partial charge on any atom is -0.502 e. The normalized spacial score (nSPS) is 10.2. The second-order valence-electron chi connectivity index (χ2n) is 3.84. The summed E-state index contributed by atoms with van der Waals surface area (Å²) in [6.07, 6.45) is 0.867. The first-order valence-electron chi connectivity index (χ1n) is 5.37. The van der Waals surface area contributed by atoms with E-state index in [4.69, 9.17) is 4.42 Å². The second kappa shape index (κ2) is 4.93. The van der Waals surface area contributed by atoms with Gasteiger partial charge in [-0.3, -0.25) is 9.59 Å². The van der Waals surface area contributed by atoms with E-state index in [9.17, 15) is 19.1 Å². The summed E-state index contributed by atoms with van der Waals surface area (Å²) >= 11 is 0. The van der Waals surface area contributed by atoms with E-state index in [0.29, 0.717) is 5.69 Å². The number of aryl methyl sites for hydroxylation is 1. The Hall–Kier alpha value is -2.63. The largest absolute Gasteiger partial charge is 0.502 e. The lowest BCUT2D eigenvalue weighted by Crippen LogP contribution is -2.22. The van der Waals surface area contributed by atoms with Gasteiger partial charge < -0.3 is 14.8 Å². The van der Waals surface area contributed by atoms with Crippen LogP contribution in [0.15, 0.2) is 39.7 Å². The molecule has 1 aromatic carbocycles. The Balaban J connectivity index is 2.33. The maximum Gasteiger partial charge on any atom is 0.263 e. The predicted octanol–water partition coefficient (Wildman–Crippen LogP) is 2.05. The van der Waals surface area contributed by atoms with Crippen molar-refractivity contribution in [3.05, 3.63) is 57.9 Å². The van der Waals surface area contributed by atoms with E-state index in [1.807, 2.05) is 0 Å². The number of aromatic hydroxyl groups is 1. The molecule has 19 heavy (non-hydrogen) atoms. The second-order valence-corrected chi connectivity index (χ2v) is 3.84. The minimum absolute atomic E-state index is 0.0856. The van der Waals surface area contributed by atoms with Crippen molar-refractivity contribution >= 4 is 11.6 Å². The van der Waals surface area contributed by atoms with Gasteiger partial charge in [-0.2, -0.15) is 0 Å². The number of hydrogen-bond acceptors (Lipinski definition) is 4. The molecule has 0 bridgehead atoms. The molecular formula is C13H10FNO4. The van der Waals surface area contributed by atoms with Gasteiger partial charge in [0.2, 0.25) is 5.43 Å². The van der Waals surface area contributed by atoms with Crippen LogP contribution in [0.3, 0.4) is 0 Å². The van der Waals surface area contributed by atoms with E-state index in [1.165, 1.54) is 31.2 Å². The molecule has 0 fully saturated rings. The molecule has 2 rings (SSSR count). The first-order chi connectivity index (χ1) is 8.99. The molecule has 0 atom stereocenters. The Morgan fingerprint density at radius 2 is 1.95 bits per heavy atom. The molecule has 2 aromatic rings. The fourth-order valence-corrected chi connectivity index (χ4v) is 1.53. The van der Waals surface area contributed by atoms with Gasteiger partial charge in [0.25, 0.3) is 5.91 Å². The van der Waals surface area contributed by atoms with Crippen molar-refractivity contribution in [1.29, 1.82) is 0 Å². The molecule has 0 unspecified atom stereocenters. The van der Waals surface area contributed by atoms with Crippen LogP contribution in [0.4, 0.5) is 10.1 Å². The van der Waals surface area contributed by atoms with Crippen LogP contribution >= 0.6 is 0 Å². The summed E-state index contributed by atoms with van der Waals surface area (Å²) in [5.41, 5.74) is -0.777. The van der Waals surface area contributed by atoms with Crippen molar-refractivity contribution < 1.29 is 18.7 Å². The predicted molar refractivity (Wildman–Crippen MR) is 65.7 cm³/mol. The van der Waals surface area contributed by atoms with Gasteiger partial charge in [-0.1, -0.05) is 0 Å². The van der Waals surface area contributed by atoms with Gasteiger partial charge in [0.15, 0.2) is 5.75 Å². The highest BCUT2D eigenvalue weighted by atomic mass is 19.1. The SMILES string of the molecule is Cc1occ(O)c(=O)c1C(=O)Nc1ccc(F)cc1. The number of carbonyl (C=O) groups excluding carboxylic acids is 1. The zero-order valence-electron chi connectivity index (χ0n) is 9.94. The fraction of sp³-hybridized carbons (Fsp3) is 0.0769. The van der Waals surface area contributed by atoms with Crippen molar-refractivity contribution in [2.45, 2.75) is 6.92 Å². The molecule has 5 nitrogen and oxygen atoms in total. The minimum atomic E-state index is -0.816. The maximum atomic E-state index is 12.7. The Morgan fingerprint density at radius 3 is 2.58 bits per heavy atom. The summed E-state index contributed by atoms with van der Waals surface area (Å²) in [4.78, 5) is 23.6. The van der Waals surface area contributed by atoms with Crippen LogP contribution in [-0.4, -0.2) is 11.0 Å². The number of halogens is 1. The molecule has 98 valence electrons. The van der Waals surface area contributed by atoms with Crippen LogP contribution in [0.5, 0.6) is 5.75 Å². The highest BCUT2D eigenvalue weighted by Gasteiger charge is 2.18. The summed E-state index contributed by atoms with van der Waals surface area (Å²) in [5.74, 6) is -1.72. The summed E-state index contributed by atoms with van der Waals surface area (Å²) in [7, 11) is 0. The monoisotopic (exact) mass is 263 g/mol. The summed E-state index contributed by atoms with van der Waals surface area (Å²) < 4.78 is 17.6. The molecular weight excluding hydrogens is 253 g/mol. The third kappa shape index (κ3) is 2.62. The van der Waals surface area contributed by atoms with E-state index < -0.39 is 22.9 Å². The number of carbonyl (C=O) groups is 1. The van der Waals surface area contributed by atoms with Gasteiger partial charge >= 0.3 is 0 Å². The molecule has 0 aliphatic carbocycles. The molecule has 0 radical (unpaired) electrons. The van der Waals surface area contributed by atoms with Gasteiger partial charge in [-0.05, 0) is 31.2 Å². The number of rotatable bonds is 2. The van der Waals surface area contributed by atoms with Crippen LogP contribution in [0.1, 0.15) is 16.1 Å². The number of anilines is 1. The lowest BCUT2D eigenvalue weighted by atomic mass is 10.2. The average molecular weight is 263 g/mol. The van der Waals surface area contributed by atoms with E-state index >= 15 is 0 Å². The highest BCUT2D eigenvalue weighted by Crippen LogP contribution is 2.13. The van der Waals surface area contributed by atoms with Crippen LogP contribution in [0.25, 0.3) is 0 Å². The molecule has 0 spiro atoms. The zero-order valence-corrected chi connectivity index (χ0v) is 9.94. The molecule has 6 heteroatoms. The highest BCUT2D eigenvalue weighted by molar-refractivity contribution is 6.04. The summed E-state index contributed by atoms with van der Waals surface area (Å²) in [6, 6.07) is 5.06. The van der Waals surface area contributed by atoms with E-state index in [0.717, 1.165) is 6.26 Å². The number of hydrogen-bond donors (Lipinski definition) is 2. The zero-order chi connectivity index (χ0) is 14.0. The van der Waals surface area contributed by atoms with Crippen molar-refractivity contribution in [3.63, 3.8) is 0 Å². The Bertz CT molecular complexity index is 676. The summed E-state index contributed by atoms with van der Waals surface area (Å²) in [6.45, 7) is 1.43. The fourth-order valence-electron chi connectivity index (χ4n) is 1.53. The van der Waals surface area contributed by atoms with Crippen molar-refractivity contribution in [2.24, 2.45) is 0 Å². The Morgan fingerprint density at radius 1 is 1.32 bits per heavy atom. The molecule has 0 aliphatic heterocycles.